The largest absolute Gasteiger partial charge is 0.493 e. The summed E-state index contributed by atoms with van der Waals surface area (Å²) in [5.74, 6) is 1.08. The van der Waals surface area contributed by atoms with Crippen molar-refractivity contribution >= 4 is 46.0 Å². The van der Waals surface area contributed by atoms with Gasteiger partial charge in [0.1, 0.15) is 0 Å². The van der Waals surface area contributed by atoms with Crippen LogP contribution >= 0.6 is 24.0 Å². The minimum absolute atomic E-state index is 0.128. The van der Waals surface area contributed by atoms with Gasteiger partial charge in [-0.2, -0.15) is 0 Å². The Hall–Kier alpha value is -2.31. The number of carbonyl (C=O) groups is 1. The number of thioether (sulfide) groups is 1. The average molecular weight is 386 g/mol. The van der Waals surface area contributed by atoms with Crippen LogP contribution in [-0.4, -0.2) is 24.4 Å². The molecule has 0 atom stereocenters. The predicted molar refractivity (Wildman–Crippen MR) is 111 cm³/mol. The first kappa shape index (κ1) is 18.5. The molecular weight excluding hydrogens is 366 g/mol. The first-order valence-electron chi connectivity index (χ1n) is 8.02. The molecule has 6 heteroatoms. The third-order valence-corrected chi connectivity index (χ3v) is 5.41. The van der Waals surface area contributed by atoms with E-state index >= 15 is 0 Å². The highest BCUT2D eigenvalue weighted by atomic mass is 32.2. The van der Waals surface area contributed by atoms with E-state index in [1.807, 2.05) is 50.2 Å². The molecule has 26 heavy (non-hydrogen) atoms. The maximum Gasteiger partial charge on any atom is 0.270 e. The number of aryl methyl sites for hydroxylation is 2. The highest BCUT2D eigenvalue weighted by Crippen LogP contribution is 2.39. The Balaban J connectivity index is 2.01. The highest BCUT2D eigenvalue weighted by molar-refractivity contribution is 8.27. The van der Waals surface area contributed by atoms with Crippen molar-refractivity contribution in [3.8, 4) is 11.5 Å². The van der Waals surface area contributed by atoms with Crippen LogP contribution in [0.15, 0.2) is 41.3 Å². The van der Waals surface area contributed by atoms with Gasteiger partial charge in [-0.1, -0.05) is 53.8 Å². The first-order valence-corrected chi connectivity index (χ1v) is 9.25. The van der Waals surface area contributed by atoms with Gasteiger partial charge in [-0.3, -0.25) is 9.69 Å². The molecule has 0 aliphatic carbocycles. The van der Waals surface area contributed by atoms with Gasteiger partial charge >= 0.3 is 0 Å². The maximum atomic E-state index is 13.0. The second-order valence-corrected chi connectivity index (χ2v) is 7.57. The SMILES string of the molecule is COc1cccc(/C=C2/SC(=S)N(c3ccc(C)cc3C)C2=O)c1OC. The highest BCUT2D eigenvalue weighted by Gasteiger charge is 2.34. The quantitative estimate of drug-likeness (QED) is 0.562. The number of para-hydroxylation sites is 1. The van der Waals surface area contributed by atoms with Gasteiger partial charge in [0.15, 0.2) is 15.8 Å². The topological polar surface area (TPSA) is 38.8 Å². The molecule has 0 radical (unpaired) electrons. The summed E-state index contributed by atoms with van der Waals surface area (Å²) in [6.45, 7) is 4.01. The van der Waals surface area contributed by atoms with Crippen molar-refractivity contribution in [3.63, 3.8) is 0 Å². The molecule has 1 saturated heterocycles. The summed E-state index contributed by atoms with van der Waals surface area (Å²) in [5.41, 5.74) is 3.75. The summed E-state index contributed by atoms with van der Waals surface area (Å²) < 4.78 is 11.3. The second kappa shape index (κ2) is 7.51. The average Bonchev–Trinajstić information content (AvgIpc) is 2.89. The van der Waals surface area contributed by atoms with E-state index in [0.717, 1.165) is 22.4 Å². The summed E-state index contributed by atoms with van der Waals surface area (Å²) in [7, 11) is 3.16. The van der Waals surface area contributed by atoms with Crippen LogP contribution < -0.4 is 14.4 Å². The zero-order valence-electron chi connectivity index (χ0n) is 15.0. The molecule has 0 spiro atoms. The second-order valence-electron chi connectivity index (χ2n) is 5.89. The van der Waals surface area contributed by atoms with Crippen LogP contribution in [0.4, 0.5) is 5.69 Å². The molecule has 2 aromatic rings. The van der Waals surface area contributed by atoms with Gasteiger partial charge in [0.25, 0.3) is 5.91 Å². The van der Waals surface area contributed by atoms with Gasteiger partial charge in [-0.25, -0.2) is 0 Å². The molecule has 0 unspecified atom stereocenters. The summed E-state index contributed by atoms with van der Waals surface area (Å²) in [6.07, 6.45) is 1.80. The van der Waals surface area contributed by atoms with E-state index in [4.69, 9.17) is 21.7 Å². The lowest BCUT2D eigenvalue weighted by atomic mass is 10.1. The van der Waals surface area contributed by atoms with Gasteiger partial charge in [-0.15, -0.1) is 0 Å². The van der Waals surface area contributed by atoms with Crippen LogP contribution in [0.3, 0.4) is 0 Å². The summed E-state index contributed by atoms with van der Waals surface area (Å²) in [4.78, 5) is 15.1. The van der Waals surface area contributed by atoms with Gasteiger partial charge < -0.3 is 9.47 Å². The lowest BCUT2D eigenvalue weighted by molar-refractivity contribution is -0.113. The normalized spacial score (nSPS) is 15.7. The monoisotopic (exact) mass is 385 g/mol. The Kier molecular flexibility index (Phi) is 5.34. The molecule has 1 aliphatic heterocycles. The number of amides is 1. The fraction of sp³-hybridized carbons (Fsp3) is 0.200. The molecule has 3 rings (SSSR count). The Morgan fingerprint density at radius 3 is 2.54 bits per heavy atom. The molecule has 0 aromatic heterocycles. The molecule has 0 bridgehead atoms. The molecule has 4 nitrogen and oxygen atoms in total. The number of ether oxygens (including phenoxy) is 2. The lowest BCUT2D eigenvalue weighted by Crippen LogP contribution is -2.28. The van der Waals surface area contributed by atoms with E-state index < -0.39 is 0 Å². The van der Waals surface area contributed by atoms with E-state index in [2.05, 4.69) is 0 Å². The van der Waals surface area contributed by atoms with Crippen molar-refractivity contribution in [2.45, 2.75) is 13.8 Å². The molecule has 2 aromatic carbocycles. The van der Waals surface area contributed by atoms with Gasteiger partial charge in [0.05, 0.1) is 24.8 Å². The van der Waals surface area contributed by atoms with Crippen molar-refractivity contribution < 1.29 is 14.3 Å². The lowest BCUT2D eigenvalue weighted by Gasteiger charge is -2.17. The minimum Gasteiger partial charge on any atom is -0.493 e. The number of methoxy groups -OCH3 is 2. The number of anilines is 1. The number of benzene rings is 2. The fourth-order valence-corrected chi connectivity index (χ4v) is 4.17. The number of thiocarbonyl (C=S) groups is 1. The Labute approximate surface area is 162 Å². The molecule has 134 valence electrons. The van der Waals surface area contributed by atoms with Crippen molar-refractivity contribution in [3.05, 3.63) is 58.0 Å². The van der Waals surface area contributed by atoms with Crippen LogP contribution in [0.25, 0.3) is 6.08 Å². The summed E-state index contributed by atoms with van der Waals surface area (Å²) >= 11 is 6.76. The predicted octanol–water partition coefficient (Wildman–Crippen LogP) is 4.73. The minimum atomic E-state index is -0.128. The third kappa shape index (κ3) is 3.34. The number of rotatable bonds is 4. The Morgan fingerprint density at radius 1 is 1.12 bits per heavy atom. The smallest absolute Gasteiger partial charge is 0.270 e. The molecule has 1 amide bonds. The van der Waals surface area contributed by atoms with E-state index in [9.17, 15) is 4.79 Å². The molecule has 1 fully saturated rings. The van der Waals surface area contributed by atoms with E-state index in [1.165, 1.54) is 11.8 Å². The van der Waals surface area contributed by atoms with Crippen LogP contribution in [0, 0.1) is 13.8 Å². The Morgan fingerprint density at radius 2 is 1.88 bits per heavy atom. The van der Waals surface area contributed by atoms with Crippen LogP contribution in [0.2, 0.25) is 0 Å². The van der Waals surface area contributed by atoms with Crippen molar-refractivity contribution in [2.24, 2.45) is 0 Å². The number of hydrogen-bond donors (Lipinski definition) is 0. The maximum absolute atomic E-state index is 13.0. The van der Waals surface area contributed by atoms with E-state index in [0.29, 0.717) is 20.7 Å². The first-order chi connectivity index (χ1) is 12.5. The summed E-state index contributed by atoms with van der Waals surface area (Å²) in [5, 5.41) is 0. The summed E-state index contributed by atoms with van der Waals surface area (Å²) in [6, 6.07) is 11.5. The molecular formula is C20H19NO3S2. The van der Waals surface area contributed by atoms with Gasteiger partial charge in [-0.05, 0) is 37.6 Å². The van der Waals surface area contributed by atoms with E-state index in [1.54, 1.807) is 25.2 Å². The molecule has 1 aliphatic rings. The van der Waals surface area contributed by atoms with Crippen LogP contribution in [0.5, 0.6) is 11.5 Å². The molecule has 0 saturated carbocycles. The van der Waals surface area contributed by atoms with Crippen LogP contribution in [0.1, 0.15) is 16.7 Å². The number of carbonyl (C=O) groups excluding carboxylic acids is 1. The van der Waals surface area contributed by atoms with E-state index in [-0.39, 0.29) is 5.91 Å². The fourth-order valence-electron chi connectivity index (χ4n) is 2.90. The molecule has 1 heterocycles. The number of nitrogens with zero attached hydrogens (tertiary/aromatic N) is 1. The van der Waals surface area contributed by atoms with Gasteiger partial charge in [0, 0.05) is 5.56 Å². The van der Waals surface area contributed by atoms with Crippen molar-refractivity contribution in [2.75, 3.05) is 19.1 Å². The zero-order valence-corrected chi connectivity index (χ0v) is 16.7. The Bertz CT molecular complexity index is 921. The van der Waals surface area contributed by atoms with Crippen molar-refractivity contribution in [1.82, 2.24) is 0 Å². The molecule has 0 N–H and O–H groups in total. The zero-order chi connectivity index (χ0) is 18.8. The third-order valence-electron chi connectivity index (χ3n) is 4.11. The number of hydrogen-bond acceptors (Lipinski definition) is 5. The van der Waals surface area contributed by atoms with Gasteiger partial charge in [0.2, 0.25) is 0 Å². The standard InChI is InChI=1S/C20H19NO3S2/c1-12-8-9-15(13(2)10-12)21-19(22)17(26-20(21)25)11-14-6-5-7-16(23-3)18(14)24-4/h5-11H,1-4H3/b17-11+. The van der Waals surface area contributed by atoms with Crippen LogP contribution in [-0.2, 0) is 4.79 Å². The van der Waals surface area contributed by atoms with Crippen molar-refractivity contribution in [1.29, 1.82) is 0 Å².